The standard InChI is InChI=1S/C13H19NO2/c1-3-13(2)9-10-5-4-6-11(12(10)16-13)15-8-7-14/h4-6H,3,7-9,14H2,1-2H3. The topological polar surface area (TPSA) is 44.5 Å². The molecule has 0 saturated heterocycles. The van der Waals surface area contributed by atoms with Gasteiger partial charge in [-0.2, -0.15) is 0 Å². The molecule has 1 atom stereocenters. The van der Waals surface area contributed by atoms with Gasteiger partial charge in [-0.05, 0) is 19.4 Å². The molecule has 0 amide bonds. The molecule has 0 fully saturated rings. The molecular weight excluding hydrogens is 202 g/mol. The minimum Gasteiger partial charge on any atom is -0.488 e. The summed E-state index contributed by atoms with van der Waals surface area (Å²) in [6.45, 7) is 5.34. The zero-order valence-electron chi connectivity index (χ0n) is 9.95. The van der Waals surface area contributed by atoms with Crippen LogP contribution in [0.5, 0.6) is 11.5 Å². The van der Waals surface area contributed by atoms with E-state index in [0.717, 1.165) is 24.3 Å². The molecule has 0 radical (unpaired) electrons. The van der Waals surface area contributed by atoms with Crippen LogP contribution in [0.3, 0.4) is 0 Å². The first-order chi connectivity index (χ1) is 7.68. The number of hydrogen-bond donors (Lipinski definition) is 1. The van der Waals surface area contributed by atoms with Crippen LogP contribution >= 0.6 is 0 Å². The largest absolute Gasteiger partial charge is 0.488 e. The number of ether oxygens (including phenoxy) is 2. The highest BCUT2D eigenvalue weighted by Crippen LogP contribution is 2.42. The molecule has 0 bridgehead atoms. The molecule has 3 nitrogen and oxygen atoms in total. The Kier molecular flexibility index (Phi) is 3.06. The number of rotatable bonds is 4. The van der Waals surface area contributed by atoms with E-state index in [-0.39, 0.29) is 5.60 Å². The van der Waals surface area contributed by atoms with Crippen LogP contribution < -0.4 is 15.2 Å². The SMILES string of the molecule is CCC1(C)Cc2cccc(OCCN)c2O1. The van der Waals surface area contributed by atoms with Gasteiger partial charge in [-0.15, -0.1) is 0 Å². The Bertz CT molecular complexity index is 378. The fourth-order valence-electron chi connectivity index (χ4n) is 1.98. The van der Waals surface area contributed by atoms with Gasteiger partial charge in [-0.3, -0.25) is 0 Å². The molecule has 2 rings (SSSR count). The lowest BCUT2D eigenvalue weighted by Crippen LogP contribution is -2.28. The smallest absolute Gasteiger partial charge is 0.165 e. The molecule has 88 valence electrons. The van der Waals surface area contributed by atoms with Gasteiger partial charge in [-0.1, -0.05) is 19.1 Å². The number of benzene rings is 1. The molecule has 1 aliphatic heterocycles. The van der Waals surface area contributed by atoms with Crippen LogP contribution in [0.15, 0.2) is 18.2 Å². The summed E-state index contributed by atoms with van der Waals surface area (Å²) >= 11 is 0. The predicted molar refractivity (Wildman–Crippen MR) is 64.0 cm³/mol. The van der Waals surface area contributed by atoms with Crippen molar-refractivity contribution in [1.29, 1.82) is 0 Å². The minimum atomic E-state index is -0.0789. The second-order valence-corrected chi connectivity index (χ2v) is 4.46. The summed E-state index contributed by atoms with van der Waals surface area (Å²) in [6, 6.07) is 6.05. The molecule has 1 unspecified atom stereocenters. The highest BCUT2D eigenvalue weighted by molar-refractivity contribution is 5.50. The molecule has 0 aliphatic carbocycles. The van der Waals surface area contributed by atoms with E-state index >= 15 is 0 Å². The summed E-state index contributed by atoms with van der Waals surface area (Å²) in [6.07, 6.45) is 1.96. The second-order valence-electron chi connectivity index (χ2n) is 4.46. The van der Waals surface area contributed by atoms with E-state index in [1.54, 1.807) is 0 Å². The average molecular weight is 221 g/mol. The maximum Gasteiger partial charge on any atom is 0.165 e. The van der Waals surface area contributed by atoms with Crippen molar-refractivity contribution in [3.05, 3.63) is 23.8 Å². The molecule has 3 heteroatoms. The van der Waals surface area contributed by atoms with Crippen molar-refractivity contribution in [3.8, 4) is 11.5 Å². The van der Waals surface area contributed by atoms with E-state index in [0.29, 0.717) is 13.2 Å². The van der Waals surface area contributed by atoms with Crippen LogP contribution in [-0.2, 0) is 6.42 Å². The zero-order chi connectivity index (χ0) is 11.6. The molecule has 1 aliphatic rings. The average Bonchev–Trinajstić information content (AvgIpc) is 2.64. The lowest BCUT2D eigenvalue weighted by Gasteiger charge is -2.22. The van der Waals surface area contributed by atoms with Crippen molar-refractivity contribution in [2.24, 2.45) is 5.73 Å². The van der Waals surface area contributed by atoms with Crippen molar-refractivity contribution >= 4 is 0 Å². The van der Waals surface area contributed by atoms with E-state index in [4.69, 9.17) is 15.2 Å². The maximum absolute atomic E-state index is 6.01. The van der Waals surface area contributed by atoms with Crippen LogP contribution in [0.25, 0.3) is 0 Å². The first-order valence-corrected chi connectivity index (χ1v) is 5.82. The lowest BCUT2D eigenvalue weighted by atomic mass is 9.97. The Balaban J connectivity index is 2.24. The molecule has 0 spiro atoms. The van der Waals surface area contributed by atoms with Gasteiger partial charge in [-0.25, -0.2) is 0 Å². The molecule has 0 aromatic heterocycles. The van der Waals surface area contributed by atoms with Crippen LogP contribution in [-0.4, -0.2) is 18.8 Å². The highest BCUT2D eigenvalue weighted by atomic mass is 16.5. The summed E-state index contributed by atoms with van der Waals surface area (Å²) < 4.78 is 11.6. The van der Waals surface area contributed by atoms with Gasteiger partial charge in [0.1, 0.15) is 12.2 Å². The van der Waals surface area contributed by atoms with Crippen molar-refractivity contribution < 1.29 is 9.47 Å². The van der Waals surface area contributed by atoms with Crippen LogP contribution in [0, 0.1) is 0 Å². The molecule has 16 heavy (non-hydrogen) atoms. The quantitative estimate of drug-likeness (QED) is 0.847. The molecule has 1 heterocycles. The normalized spacial score (nSPS) is 22.7. The van der Waals surface area contributed by atoms with Crippen molar-refractivity contribution in [3.63, 3.8) is 0 Å². The third-order valence-electron chi connectivity index (χ3n) is 3.10. The minimum absolute atomic E-state index is 0.0789. The Hall–Kier alpha value is -1.22. The molecular formula is C13H19NO2. The van der Waals surface area contributed by atoms with E-state index in [1.165, 1.54) is 5.56 Å². The predicted octanol–water partition coefficient (Wildman–Crippen LogP) is 2.13. The zero-order valence-corrected chi connectivity index (χ0v) is 9.95. The van der Waals surface area contributed by atoms with Gasteiger partial charge in [0.25, 0.3) is 0 Å². The van der Waals surface area contributed by atoms with Gasteiger partial charge >= 0.3 is 0 Å². The van der Waals surface area contributed by atoms with E-state index in [1.807, 2.05) is 12.1 Å². The van der Waals surface area contributed by atoms with Crippen molar-refractivity contribution in [2.45, 2.75) is 32.3 Å². The molecule has 0 saturated carbocycles. The van der Waals surface area contributed by atoms with E-state index in [2.05, 4.69) is 19.9 Å². The third-order valence-corrected chi connectivity index (χ3v) is 3.10. The van der Waals surface area contributed by atoms with Crippen LogP contribution in [0.1, 0.15) is 25.8 Å². The van der Waals surface area contributed by atoms with Crippen LogP contribution in [0.4, 0.5) is 0 Å². The van der Waals surface area contributed by atoms with Gasteiger partial charge in [0, 0.05) is 18.5 Å². The third kappa shape index (κ3) is 2.00. The van der Waals surface area contributed by atoms with Gasteiger partial charge in [0.2, 0.25) is 0 Å². The first kappa shape index (κ1) is 11.3. The number of fused-ring (bicyclic) bond motifs is 1. The van der Waals surface area contributed by atoms with Gasteiger partial charge in [0.15, 0.2) is 11.5 Å². The molecule has 2 N–H and O–H groups in total. The summed E-state index contributed by atoms with van der Waals surface area (Å²) in [5.74, 6) is 1.72. The fraction of sp³-hybridized carbons (Fsp3) is 0.538. The summed E-state index contributed by atoms with van der Waals surface area (Å²) in [4.78, 5) is 0. The van der Waals surface area contributed by atoms with E-state index in [9.17, 15) is 0 Å². The molecule has 1 aromatic rings. The van der Waals surface area contributed by atoms with Gasteiger partial charge < -0.3 is 15.2 Å². The lowest BCUT2D eigenvalue weighted by molar-refractivity contribution is 0.107. The number of para-hydroxylation sites is 1. The monoisotopic (exact) mass is 221 g/mol. The van der Waals surface area contributed by atoms with Crippen molar-refractivity contribution in [2.75, 3.05) is 13.2 Å². The van der Waals surface area contributed by atoms with E-state index < -0.39 is 0 Å². The summed E-state index contributed by atoms with van der Waals surface area (Å²) in [5, 5.41) is 0. The first-order valence-electron chi connectivity index (χ1n) is 5.82. The highest BCUT2D eigenvalue weighted by Gasteiger charge is 2.34. The Morgan fingerprint density at radius 2 is 2.31 bits per heavy atom. The second kappa shape index (κ2) is 4.34. The fourth-order valence-corrected chi connectivity index (χ4v) is 1.98. The summed E-state index contributed by atoms with van der Waals surface area (Å²) in [5.41, 5.74) is 6.59. The maximum atomic E-state index is 6.01. The van der Waals surface area contributed by atoms with Crippen molar-refractivity contribution in [1.82, 2.24) is 0 Å². The Morgan fingerprint density at radius 3 is 3.00 bits per heavy atom. The van der Waals surface area contributed by atoms with Gasteiger partial charge in [0.05, 0.1) is 0 Å². The van der Waals surface area contributed by atoms with Crippen LogP contribution in [0.2, 0.25) is 0 Å². The Labute approximate surface area is 96.5 Å². The number of hydrogen-bond acceptors (Lipinski definition) is 3. The molecule has 1 aromatic carbocycles. The summed E-state index contributed by atoms with van der Waals surface area (Å²) in [7, 11) is 0. The Morgan fingerprint density at radius 1 is 1.50 bits per heavy atom. The number of nitrogens with two attached hydrogens (primary N) is 1.